The first-order valence-electron chi connectivity index (χ1n) is 4.20. The van der Waals surface area contributed by atoms with Crippen molar-refractivity contribution in [1.29, 1.82) is 0 Å². The fourth-order valence-electron chi connectivity index (χ4n) is 1.19. The molecule has 0 unspecified atom stereocenters. The van der Waals surface area contributed by atoms with Crippen molar-refractivity contribution in [1.82, 2.24) is 9.97 Å². The molecular weight excluding hydrogens is 193 g/mol. The van der Waals surface area contributed by atoms with E-state index in [2.05, 4.69) is 15.3 Å². The Bertz CT molecular complexity index is 314. The van der Waals surface area contributed by atoms with E-state index in [1.807, 2.05) is 0 Å². The maximum Gasteiger partial charge on any atom is 0.224 e. The lowest BCUT2D eigenvalue weighted by Crippen LogP contribution is -2.28. The molecule has 70 valence electrons. The van der Waals surface area contributed by atoms with Crippen LogP contribution in [-0.4, -0.2) is 16.0 Å². The van der Waals surface area contributed by atoms with Crippen LogP contribution in [0.2, 0.25) is 5.28 Å². The van der Waals surface area contributed by atoms with E-state index in [-0.39, 0.29) is 11.1 Å². The second-order valence-corrected chi connectivity index (χ2v) is 3.45. The number of aromatic nitrogens is 2. The van der Waals surface area contributed by atoms with Crippen molar-refractivity contribution in [3.05, 3.63) is 17.3 Å². The van der Waals surface area contributed by atoms with Crippen LogP contribution in [0.25, 0.3) is 0 Å². The fourth-order valence-corrected chi connectivity index (χ4v) is 1.33. The molecule has 0 bridgehead atoms. The Kier molecular flexibility index (Phi) is 2.31. The van der Waals surface area contributed by atoms with Gasteiger partial charge in [-0.05, 0) is 30.9 Å². The highest BCUT2D eigenvalue weighted by Crippen LogP contribution is 2.23. The van der Waals surface area contributed by atoms with Crippen LogP contribution < -0.4 is 5.32 Å². The minimum atomic E-state index is -0.448. The summed E-state index contributed by atoms with van der Waals surface area (Å²) in [6.45, 7) is 0. The van der Waals surface area contributed by atoms with E-state index in [4.69, 9.17) is 11.6 Å². The van der Waals surface area contributed by atoms with Crippen LogP contribution in [0.4, 0.5) is 10.2 Å². The molecule has 13 heavy (non-hydrogen) atoms. The molecule has 0 aromatic carbocycles. The van der Waals surface area contributed by atoms with Crippen LogP contribution in [0.15, 0.2) is 6.20 Å². The summed E-state index contributed by atoms with van der Waals surface area (Å²) in [7, 11) is 0. The highest BCUT2D eigenvalue weighted by molar-refractivity contribution is 6.28. The Labute approximate surface area is 80.3 Å². The molecule has 1 aromatic rings. The molecule has 1 fully saturated rings. The molecule has 3 nitrogen and oxygen atoms in total. The van der Waals surface area contributed by atoms with Gasteiger partial charge in [-0.1, -0.05) is 0 Å². The van der Waals surface area contributed by atoms with Gasteiger partial charge in [-0.3, -0.25) is 0 Å². The van der Waals surface area contributed by atoms with Gasteiger partial charge in [0.1, 0.15) is 0 Å². The predicted molar refractivity (Wildman–Crippen MR) is 48.3 cm³/mol. The molecule has 1 aromatic heterocycles. The molecule has 2 rings (SSSR count). The molecule has 1 aliphatic rings. The summed E-state index contributed by atoms with van der Waals surface area (Å²) >= 11 is 5.53. The lowest BCUT2D eigenvalue weighted by Gasteiger charge is -2.26. The van der Waals surface area contributed by atoms with E-state index in [9.17, 15) is 4.39 Å². The van der Waals surface area contributed by atoms with Crippen molar-refractivity contribution in [2.24, 2.45) is 0 Å². The third-order valence-corrected chi connectivity index (χ3v) is 2.34. The topological polar surface area (TPSA) is 37.8 Å². The van der Waals surface area contributed by atoms with Crippen molar-refractivity contribution in [3.8, 4) is 0 Å². The van der Waals surface area contributed by atoms with Gasteiger partial charge in [-0.2, -0.15) is 4.98 Å². The number of halogens is 2. The summed E-state index contributed by atoms with van der Waals surface area (Å²) in [5.74, 6) is -0.235. The van der Waals surface area contributed by atoms with Gasteiger partial charge < -0.3 is 5.32 Å². The van der Waals surface area contributed by atoms with Gasteiger partial charge in [0.2, 0.25) is 5.28 Å². The van der Waals surface area contributed by atoms with E-state index < -0.39 is 5.82 Å². The number of nitrogens with zero attached hydrogens (tertiary/aromatic N) is 2. The van der Waals surface area contributed by atoms with Gasteiger partial charge in [0.25, 0.3) is 0 Å². The molecular formula is C8H9ClFN3. The molecule has 0 spiro atoms. The van der Waals surface area contributed by atoms with E-state index in [0.717, 1.165) is 19.0 Å². The van der Waals surface area contributed by atoms with Gasteiger partial charge in [-0.15, -0.1) is 0 Å². The molecule has 0 radical (unpaired) electrons. The molecule has 0 atom stereocenters. The number of hydrogen-bond acceptors (Lipinski definition) is 3. The maximum absolute atomic E-state index is 13.0. The van der Waals surface area contributed by atoms with Crippen LogP contribution in [-0.2, 0) is 0 Å². The van der Waals surface area contributed by atoms with Crippen molar-refractivity contribution >= 4 is 17.4 Å². The summed E-state index contributed by atoms with van der Waals surface area (Å²) < 4.78 is 13.0. The zero-order valence-electron chi connectivity index (χ0n) is 6.93. The number of nitrogens with one attached hydrogen (secondary N) is 1. The van der Waals surface area contributed by atoms with Gasteiger partial charge in [0.05, 0.1) is 6.20 Å². The van der Waals surface area contributed by atoms with Crippen molar-refractivity contribution < 1.29 is 4.39 Å². The summed E-state index contributed by atoms with van der Waals surface area (Å²) in [4.78, 5) is 7.29. The third kappa shape index (κ3) is 1.88. The summed E-state index contributed by atoms with van der Waals surface area (Å²) in [5.41, 5.74) is 0. The number of anilines is 1. The van der Waals surface area contributed by atoms with Gasteiger partial charge in [0, 0.05) is 6.04 Å². The van der Waals surface area contributed by atoms with Crippen LogP contribution in [0.1, 0.15) is 19.3 Å². The van der Waals surface area contributed by atoms with Crippen LogP contribution in [0, 0.1) is 5.82 Å². The number of hydrogen-bond donors (Lipinski definition) is 1. The highest BCUT2D eigenvalue weighted by atomic mass is 35.5. The molecule has 1 heterocycles. The molecule has 0 aliphatic heterocycles. The average molecular weight is 202 g/mol. The number of rotatable bonds is 2. The molecule has 0 amide bonds. The lowest BCUT2D eigenvalue weighted by molar-refractivity contribution is 0.441. The Balaban J connectivity index is 2.13. The predicted octanol–water partition coefficient (Wildman–Crippen LogP) is 2.23. The van der Waals surface area contributed by atoms with Crippen LogP contribution in [0.3, 0.4) is 0 Å². The third-order valence-electron chi connectivity index (χ3n) is 2.16. The second-order valence-electron chi connectivity index (χ2n) is 3.11. The Morgan fingerprint density at radius 1 is 1.54 bits per heavy atom. The lowest BCUT2D eigenvalue weighted by atomic mass is 9.93. The minimum Gasteiger partial charge on any atom is -0.365 e. The normalized spacial score (nSPS) is 16.8. The van der Waals surface area contributed by atoms with Gasteiger partial charge in [0.15, 0.2) is 11.6 Å². The quantitative estimate of drug-likeness (QED) is 0.746. The monoisotopic (exact) mass is 201 g/mol. The van der Waals surface area contributed by atoms with Gasteiger partial charge >= 0.3 is 0 Å². The maximum atomic E-state index is 13.0. The smallest absolute Gasteiger partial charge is 0.224 e. The average Bonchev–Trinajstić information content (AvgIpc) is 2.03. The zero-order chi connectivity index (χ0) is 9.26. The standard InChI is InChI=1S/C8H9ClFN3/c9-8-11-4-6(10)7(13-8)12-5-2-1-3-5/h4-5H,1-3H2,(H,11,12,13). The fraction of sp³-hybridized carbons (Fsp3) is 0.500. The van der Waals surface area contributed by atoms with E-state index >= 15 is 0 Å². The summed E-state index contributed by atoms with van der Waals surface area (Å²) in [6, 6.07) is 0.348. The first-order valence-corrected chi connectivity index (χ1v) is 4.58. The Morgan fingerprint density at radius 3 is 2.92 bits per heavy atom. The first kappa shape index (κ1) is 8.69. The van der Waals surface area contributed by atoms with Gasteiger partial charge in [-0.25, -0.2) is 9.37 Å². The molecule has 1 N–H and O–H groups in total. The molecule has 1 saturated carbocycles. The Hall–Kier alpha value is -0.900. The highest BCUT2D eigenvalue weighted by Gasteiger charge is 2.19. The minimum absolute atomic E-state index is 0.0724. The van der Waals surface area contributed by atoms with Crippen molar-refractivity contribution in [2.75, 3.05) is 5.32 Å². The van der Waals surface area contributed by atoms with Crippen LogP contribution in [0.5, 0.6) is 0 Å². The van der Waals surface area contributed by atoms with E-state index in [1.165, 1.54) is 6.42 Å². The summed E-state index contributed by atoms with van der Waals surface area (Å²) in [6.07, 6.45) is 4.41. The molecule has 1 aliphatic carbocycles. The Morgan fingerprint density at radius 2 is 2.31 bits per heavy atom. The first-order chi connectivity index (χ1) is 6.25. The zero-order valence-corrected chi connectivity index (χ0v) is 7.68. The van der Waals surface area contributed by atoms with E-state index in [1.54, 1.807) is 0 Å². The van der Waals surface area contributed by atoms with Crippen LogP contribution >= 0.6 is 11.6 Å². The largest absolute Gasteiger partial charge is 0.365 e. The summed E-state index contributed by atoms with van der Waals surface area (Å²) in [5, 5.41) is 3.05. The van der Waals surface area contributed by atoms with Crippen molar-refractivity contribution in [2.45, 2.75) is 25.3 Å². The second kappa shape index (κ2) is 3.46. The molecule has 5 heteroatoms. The van der Waals surface area contributed by atoms with Crippen molar-refractivity contribution in [3.63, 3.8) is 0 Å². The molecule has 0 saturated heterocycles. The van der Waals surface area contributed by atoms with E-state index in [0.29, 0.717) is 6.04 Å². The SMILES string of the molecule is Fc1cnc(Cl)nc1NC1CCC1.